The second-order valence-electron chi connectivity index (χ2n) is 4.45. The van der Waals surface area contributed by atoms with Gasteiger partial charge in [-0.15, -0.1) is 0 Å². The third kappa shape index (κ3) is 2.37. The molecule has 5 heteroatoms. The molecule has 1 aromatic rings. The lowest BCUT2D eigenvalue weighted by Crippen LogP contribution is -2.28. The van der Waals surface area contributed by atoms with E-state index < -0.39 is 10.0 Å². The van der Waals surface area contributed by atoms with Gasteiger partial charge in [-0.1, -0.05) is 13.0 Å². The SMILES string of the molecule is CCc1ccc(OC)c(S(=O)(=O)N2CCCC2)c1. The largest absolute Gasteiger partial charge is 0.495 e. The fourth-order valence-corrected chi connectivity index (χ4v) is 3.93. The van der Waals surface area contributed by atoms with Gasteiger partial charge in [0, 0.05) is 13.1 Å². The first-order valence-electron chi connectivity index (χ1n) is 6.26. The Hall–Kier alpha value is -1.07. The molecule has 0 saturated carbocycles. The zero-order valence-corrected chi connectivity index (χ0v) is 11.7. The molecule has 1 saturated heterocycles. The third-order valence-corrected chi connectivity index (χ3v) is 5.24. The van der Waals surface area contributed by atoms with Gasteiger partial charge in [-0.05, 0) is 37.0 Å². The van der Waals surface area contributed by atoms with Crippen molar-refractivity contribution in [2.75, 3.05) is 20.2 Å². The number of sulfonamides is 1. The van der Waals surface area contributed by atoms with E-state index in [-0.39, 0.29) is 0 Å². The maximum atomic E-state index is 12.5. The van der Waals surface area contributed by atoms with Crippen molar-refractivity contribution < 1.29 is 13.2 Å². The van der Waals surface area contributed by atoms with Gasteiger partial charge in [-0.25, -0.2) is 8.42 Å². The molecule has 2 rings (SSSR count). The van der Waals surface area contributed by atoms with Crippen LogP contribution in [0.3, 0.4) is 0 Å². The van der Waals surface area contributed by atoms with Crippen LogP contribution < -0.4 is 4.74 Å². The minimum atomic E-state index is -3.41. The lowest BCUT2D eigenvalue weighted by atomic mass is 10.2. The van der Waals surface area contributed by atoms with Crippen molar-refractivity contribution in [1.82, 2.24) is 4.31 Å². The molecule has 0 spiro atoms. The van der Waals surface area contributed by atoms with Crippen LogP contribution in [-0.2, 0) is 16.4 Å². The van der Waals surface area contributed by atoms with E-state index in [1.807, 2.05) is 13.0 Å². The average Bonchev–Trinajstić information content (AvgIpc) is 2.92. The van der Waals surface area contributed by atoms with Crippen LogP contribution in [0, 0.1) is 0 Å². The molecule has 0 aromatic heterocycles. The Morgan fingerprint density at radius 2 is 1.94 bits per heavy atom. The van der Waals surface area contributed by atoms with Gasteiger partial charge in [-0.2, -0.15) is 4.31 Å². The summed E-state index contributed by atoms with van der Waals surface area (Å²) in [6, 6.07) is 5.37. The van der Waals surface area contributed by atoms with Gasteiger partial charge in [-0.3, -0.25) is 0 Å². The van der Waals surface area contributed by atoms with Crippen LogP contribution in [0.15, 0.2) is 23.1 Å². The highest BCUT2D eigenvalue weighted by Gasteiger charge is 2.29. The van der Waals surface area contributed by atoms with E-state index in [0.29, 0.717) is 23.7 Å². The monoisotopic (exact) mass is 269 g/mol. The van der Waals surface area contributed by atoms with Gasteiger partial charge in [0.15, 0.2) is 0 Å². The molecule has 0 amide bonds. The van der Waals surface area contributed by atoms with Crippen molar-refractivity contribution in [3.63, 3.8) is 0 Å². The van der Waals surface area contributed by atoms with E-state index in [0.717, 1.165) is 24.8 Å². The van der Waals surface area contributed by atoms with Crippen LogP contribution in [0.1, 0.15) is 25.3 Å². The second kappa shape index (κ2) is 5.28. The topological polar surface area (TPSA) is 46.6 Å². The lowest BCUT2D eigenvalue weighted by Gasteiger charge is -2.18. The molecule has 1 heterocycles. The highest BCUT2D eigenvalue weighted by Crippen LogP contribution is 2.29. The standard InChI is InChI=1S/C13H19NO3S/c1-3-11-6-7-12(17-2)13(10-11)18(15,16)14-8-4-5-9-14/h6-7,10H,3-5,8-9H2,1-2H3. The number of nitrogens with zero attached hydrogens (tertiary/aromatic N) is 1. The first-order chi connectivity index (χ1) is 8.59. The first kappa shape index (κ1) is 13.4. The van der Waals surface area contributed by atoms with Gasteiger partial charge in [0.1, 0.15) is 10.6 Å². The van der Waals surface area contributed by atoms with Crippen molar-refractivity contribution in [1.29, 1.82) is 0 Å². The minimum absolute atomic E-state index is 0.297. The average molecular weight is 269 g/mol. The van der Waals surface area contributed by atoms with Gasteiger partial charge >= 0.3 is 0 Å². The van der Waals surface area contributed by atoms with Crippen molar-refractivity contribution >= 4 is 10.0 Å². The molecule has 0 bridgehead atoms. The van der Waals surface area contributed by atoms with Crippen molar-refractivity contribution in [3.05, 3.63) is 23.8 Å². The zero-order chi connectivity index (χ0) is 13.2. The predicted molar refractivity (Wildman–Crippen MR) is 70.4 cm³/mol. The van der Waals surface area contributed by atoms with E-state index in [2.05, 4.69) is 0 Å². The molecule has 0 atom stereocenters. The van der Waals surface area contributed by atoms with Crippen LogP contribution in [0.5, 0.6) is 5.75 Å². The zero-order valence-electron chi connectivity index (χ0n) is 10.8. The summed E-state index contributed by atoms with van der Waals surface area (Å²) in [7, 11) is -1.90. The lowest BCUT2D eigenvalue weighted by molar-refractivity contribution is 0.398. The quantitative estimate of drug-likeness (QED) is 0.840. The Bertz CT molecular complexity index is 519. The van der Waals surface area contributed by atoms with Crippen molar-refractivity contribution in [3.8, 4) is 5.75 Å². The maximum Gasteiger partial charge on any atom is 0.246 e. The summed E-state index contributed by atoms with van der Waals surface area (Å²) in [5.41, 5.74) is 1.01. The molecular weight excluding hydrogens is 250 g/mol. The molecule has 1 fully saturated rings. The molecule has 0 N–H and O–H groups in total. The predicted octanol–water partition coefficient (Wildman–Crippen LogP) is 2.04. The normalized spacial score (nSPS) is 17.0. The van der Waals surface area contributed by atoms with Crippen LogP contribution in [0.2, 0.25) is 0 Å². The molecule has 100 valence electrons. The molecule has 1 aliphatic rings. The van der Waals surface area contributed by atoms with Crippen molar-refractivity contribution in [2.45, 2.75) is 31.1 Å². The van der Waals surface area contributed by atoms with Gasteiger partial charge in [0.2, 0.25) is 10.0 Å². The van der Waals surface area contributed by atoms with E-state index in [9.17, 15) is 8.42 Å². The Morgan fingerprint density at radius 3 is 2.50 bits per heavy atom. The van der Waals surface area contributed by atoms with E-state index in [1.54, 1.807) is 16.4 Å². The summed E-state index contributed by atoms with van der Waals surface area (Å²) in [5.74, 6) is 0.430. The third-order valence-electron chi connectivity index (χ3n) is 3.32. The van der Waals surface area contributed by atoms with Crippen molar-refractivity contribution in [2.24, 2.45) is 0 Å². The summed E-state index contributed by atoms with van der Waals surface area (Å²) in [4.78, 5) is 0.297. The number of rotatable bonds is 4. The van der Waals surface area contributed by atoms with Crippen LogP contribution >= 0.6 is 0 Å². The van der Waals surface area contributed by atoms with E-state index in [1.165, 1.54) is 7.11 Å². The number of aryl methyl sites for hydroxylation is 1. The fourth-order valence-electron chi connectivity index (χ4n) is 2.21. The number of hydrogen-bond donors (Lipinski definition) is 0. The highest BCUT2D eigenvalue weighted by molar-refractivity contribution is 7.89. The molecule has 18 heavy (non-hydrogen) atoms. The number of ether oxygens (including phenoxy) is 1. The molecule has 0 aliphatic carbocycles. The van der Waals surface area contributed by atoms with Gasteiger partial charge in [0.25, 0.3) is 0 Å². The first-order valence-corrected chi connectivity index (χ1v) is 7.70. The Kier molecular flexibility index (Phi) is 3.92. The summed E-state index contributed by atoms with van der Waals surface area (Å²) >= 11 is 0. The number of benzene rings is 1. The summed E-state index contributed by atoms with van der Waals surface area (Å²) < 4.78 is 31.8. The second-order valence-corrected chi connectivity index (χ2v) is 6.36. The van der Waals surface area contributed by atoms with Crippen LogP contribution in [-0.4, -0.2) is 32.9 Å². The molecule has 0 radical (unpaired) electrons. The van der Waals surface area contributed by atoms with E-state index in [4.69, 9.17) is 4.74 Å². The highest BCUT2D eigenvalue weighted by atomic mass is 32.2. The number of methoxy groups -OCH3 is 1. The van der Waals surface area contributed by atoms with Crippen LogP contribution in [0.4, 0.5) is 0 Å². The maximum absolute atomic E-state index is 12.5. The molecule has 1 aromatic carbocycles. The Labute approximate surface area is 109 Å². The van der Waals surface area contributed by atoms with E-state index >= 15 is 0 Å². The molecular formula is C13H19NO3S. The summed E-state index contributed by atoms with van der Waals surface area (Å²) in [6.07, 6.45) is 2.69. The summed E-state index contributed by atoms with van der Waals surface area (Å²) in [5, 5.41) is 0. The Balaban J connectivity index is 2.47. The Morgan fingerprint density at radius 1 is 1.28 bits per heavy atom. The van der Waals surface area contributed by atoms with Gasteiger partial charge in [0.05, 0.1) is 7.11 Å². The minimum Gasteiger partial charge on any atom is -0.495 e. The molecule has 1 aliphatic heterocycles. The molecule has 0 unspecified atom stereocenters. The van der Waals surface area contributed by atoms with Crippen LogP contribution in [0.25, 0.3) is 0 Å². The fraction of sp³-hybridized carbons (Fsp3) is 0.538. The smallest absolute Gasteiger partial charge is 0.246 e. The summed E-state index contributed by atoms with van der Waals surface area (Å²) in [6.45, 7) is 3.23. The van der Waals surface area contributed by atoms with Gasteiger partial charge < -0.3 is 4.74 Å². The number of hydrogen-bond acceptors (Lipinski definition) is 3. The molecule has 4 nitrogen and oxygen atoms in total.